The lowest BCUT2D eigenvalue weighted by Gasteiger charge is -2.09. The fourth-order valence-electron chi connectivity index (χ4n) is 1.68. The summed E-state index contributed by atoms with van der Waals surface area (Å²) >= 11 is 1.49. The van der Waals surface area contributed by atoms with Crippen LogP contribution in [0.5, 0.6) is 0 Å². The van der Waals surface area contributed by atoms with Gasteiger partial charge in [0.25, 0.3) is 0 Å². The molecule has 5 heteroatoms. The van der Waals surface area contributed by atoms with Crippen LogP contribution in [0, 0.1) is 25.5 Å². The first kappa shape index (κ1) is 13.1. The summed E-state index contributed by atoms with van der Waals surface area (Å²) in [5.41, 5.74) is 1.16. The summed E-state index contributed by atoms with van der Waals surface area (Å²) in [6, 6.07) is 3.07. The number of nitrogens with zero attached hydrogens (tertiary/aromatic N) is 1. The van der Waals surface area contributed by atoms with Crippen LogP contribution in [0.3, 0.4) is 0 Å². The molecule has 0 fully saturated rings. The minimum Gasteiger partial charge on any atom is -0.388 e. The summed E-state index contributed by atoms with van der Waals surface area (Å²) in [5, 5.41) is 10.7. The van der Waals surface area contributed by atoms with E-state index in [2.05, 4.69) is 4.98 Å². The Kier molecular flexibility index (Phi) is 3.73. The Morgan fingerprint density at radius 2 is 1.83 bits per heavy atom. The first-order valence-electron chi connectivity index (χ1n) is 5.52. The second-order valence-electron chi connectivity index (χ2n) is 4.17. The summed E-state index contributed by atoms with van der Waals surface area (Å²) in [4.78, 5) is 5.38. The van der Waals surface area contributed by atoms with Crippen molar-refractivity contribution in [2.75, 3.05) is 0 Å². The molecule has 2 aromatic rings. The lowest BCUT2D eigenvalue weighted by Crippen LogP contribution is -2.03. The van der Waals surface area contributed by atoms with E-state index in [1.54, 1.807) is 0 Å². The zero-order chi connectivity index (χ0) is 13.3. The Morgan fingerprint density at radius 1 is 1.22 bits per heavy atom. The maximum Gasteiger partial charge on any atom is 0.126 e. The fraction of sp³-hybridized carbons (Fsp3) is 0.308. The van der Waals surface area contributed by atoms with E-state index in [9.17, 15) is 13.9 Å². The molecule has 0 saturated carbocycles. The molecular weight excluding hydrogens is 256 g/mol. The van der Waals surface area contributed by atoms with Crippen LogP contribution < -0.4 is 0 Å². The third-order valence-electron chi connectivity index (χ3n) is 2.71. The molecule has 1 atom stereocenters. The Morgan fingerprint density at radius 3 is 2.33 bits per heavy atom. The highest BCUT2D eigenvalue weighted by atomic mass is 32.1. The number of halogens is 2. The molecule has 1 heterocycles. The van der Waals surface area contributed by atoms with Gasteiger partial charge in [-0.2, -0.15) is 0 Å². The fourth-order valence-corrected chi connectivity index (χ4v) is 2.65. The van der Waals surface area contributed by atoms with Gasteiger partial charge in [0, 0.05) is 17.4 Å². The smallest absolute Gasteiger partial charge is 0.126 e. The van der Waals surface area contributed by atoms with E-state index >= 15 is 0 Å². The quantitative estimate of drug-likeness (QED) is 0.927. The molecule has 1 aromatic heterocycles. The molecule has 2 nitrogen and oxygen atoms in total. The lowest BCUT2D eigenvalue weighted by molar-refractivity contribution is 0.177. The topological polar surface area (TPSA) is 33.1 Å². The molecule has 1 N–H and O–H groups in total. The van der Waals surface area contributed by atoms with Gasteiger partial charge >= 0.3 is 0 Å². The molecule has 0 radical (unpaired) electrons. The molecular formula is C13H13F2NOS. The molecule has 1 unspecified atom stereocenters. The van der Waals surface area contributed by atoms with Gasteiger partial charge in [-0.3, -0.25) is 0 Å². The van der Waals surface area contributed by atoms with E-state index in [0.29, 0.717) is 0 Å². The van der Waals surface area contributed by atoms with Crippen molar-refractivity contribution < 1.29 is 13.9 Å². The van der Waals surface area contributed by atoms with Crippen LogP contribution in [-0.4, -0.2) is 10.1 Å². The average Bonchev–Trinajstić information content (AvgIpc) is 2.56. The number of aryl methyl sites for hydroxylation is 2. The van der Waals surface area contributed by atoms with Gasteiger partial charge in [0.15, 0.2) is 0 Å². The van der Waals surface area contributed by atoms with Crippen molar-refractivity contribution in [1.82, 2.24) is 4.98 Å². The van der Waals surface area contributed by atoms with Gasteiger partial charge in [-0.05, 0) is 31.5 Å². The largest absolute Gasteiger partial charge is 0.388 e. The molecule has 18 heavy (non-hydrogen) atoms. The summed E-state index contributed by atoms with van der Waals surface area (Å²) in [7, 11) is 0. The zero-order valence-corrected chi connectivity index (χ0v) is 10.9. The van der Waals surface area contributed by atoms with Gasteiger partial charge in [-0.25, -0.2) is 13.8 Å². The number of rotatable bonds is 3. The molecule has 0 bridgehead atoms. The number of hydrogen-bond acceptors (Lipinski definition) is 3. The van der Waals surface area contributed by atoms with Crippen molar-refractivity contribution in [3.8, 4) is 0 Å². The first-order chi connectivity index (χ1) is 8.45. The summed E-state index contributed by atoms with van der Waals surface area (Å²) in [6.45, 7) is 3.84. The molecule has 1 aromatic carbocycles. The monoisotopic (exact) mass is 269 g/mol. The first-order valence-corrected chi connectivity index (χ1v) is 6.34. The molecule has 0 aliphatic heterocycles. The summed E-state index contributed by atoms with van der Waals surface area (Å²) in [6.07, 6.45) is -0.678. The number of benzene rings is 1. The molecule has 96 valence electrons. The predicted octanol–water partition coefficient (Wildman–Crippen LogP) is 3.31. The number of aliphatic hydroxyl groups excluding tert-OH is 1. The Hall–Kier alpha value is -1.33. The van der Waals surface area contributed by atoms with Crippen molar-refractivity contribution in [3.63, 3.8) is 0 Å². The Balaban J connectivity index is 2.18. The van der Waals surface area contributed by atoms with Gasteiger partial charge < -0.3 is 5.11 Å². The van der Waals surface area contributed by atoms with Gasteiger partial charge in [0.05, 0.1) is 16.8 Å². The van der Waals surface area contributed by atoms with Gasteiger partial charge in [0.2, 0.25) is 0 Å². The SMILES string of the molecule is Cc1nc(CC(O)c2cc(F)cc(F)c2)sc1C. The molecule has 0 saturated heterocycles. The van der Waals surface area contributed by atoms with E-state index in [1.807, 2.05) is 13.8 Å². The van der Waals surface area contributed by atoms with Crippen molar-refractivity contribution >= 4 is 11.3 Å². The van der Waals surface area contributed by atoms with Crippen molar-refractivity contribution in [1.29, 1.82) is 0 Å². The molecule has 0 aliphatic rings. The third kappa shape index (κ3) is 2.91. The van der Waals surface area contributed by atoms with E-state index in [1.165, 1.54) is 11.3 Å². The van der Waals surface area contributed by atoms with Crippen molar-refractivity contribution in [2.45, 2.75) is 26.4 Å². The third-order valence-corrected chi connectivity index (χ3v) is 3.81. The van der Waals surface area contributed by atoms with Crippen LogP contribution in [0.4, 0.5) is 8.78 Å². The number of aliphatic hydroxyl groups is 1. The second kappa shape index (κ2) is 5.12. The Bertz CT molecular complexity index is 528. The van der Waals surface area contributed by atoms with E-state index < -0.39 is 17.7 Å². The second-order valence-corrected chi connectivity index (χ2v) is 5.46. The van der Waals surface area contributed by atoms with Crippen LogP contribution in [-0.2, 0) is 6.42 Å². The van der Waals surface area contributed by atoms with Crippen LogP contribution in [0.25, 0.3) is 0 Å². The van der Waals surface area contributed by atoms with Gasteiger partial charge in [-0.15, -0.1) is 11.3 Å². The molecule has 0 aliphatic carbocycles. The summed E-state index contributed by atoms with van der Waals surface area (Å²) < 4.78 is 26.1. The number of aromatic nitrogens is 1. The van der Waals surface area contributed by atoms with Gasteiger partial charge in [0.1, 0.15) is 11.6 Å². The molecule has 0 amide bonds. The molecule has 0 spiro atoms. The minimum absolute atomic E-state index is 0.234. The van der Waals surface area contributed by atoms with Crippen LogP contribution >= 0.6 is 11.3 Å². The maximum absolute atomic E-state index is 13.0. The predicted molar refractivity (Wildman–Crippen MR) is 66.6 cm³/mol. The van der Waals surface area contributed by atoms with Gasteiger partial charge in [-0.1, -0.05) is 0 Å². The van der Waals surface area contributed by atoms with Crippen LogP contribution in [0.1, 0.15) is 27.2 Å². The van der Waals surface area contributed by atoms with Crippen LogP contribution in [0.15, 0.2) is 18.2 Å². The van der Waals surface area contributed by atoms with E-state index in [-0.39, 0.29) is 12.0 Å². The normalized spacial score (nSPS) is 12.7. The number of hydrogen-bond donors (Lipinski definition) is 1. The minimum atomic E-state index is -0.944. The standard InChI is InChI=1S/C13H13F2NOS/c1-7-8(2)18-13(16-7)6-12(17)9-3-10(14)5-11(15)4-9/h3-5,12,17H,6H2,1-2H3. The lowest BCUT2D eigenvalue weighted by atomic mass is 10.1. The number of thiazole rings is 1. The highest BCUT2D eigenvalue weighted by Crippen LogP contribution is 2.24. The molecule has 2 rings (SSSR count). The Labute approximate surface area is 108 Å². The highest BCUT2D eigenvalue weighted by Gasteiger charge is 2.14. The van der Waals surface area contributed by atoms with E-state index in [0.717, 1.165) is 33.8 Å². The zero-order valence-electron chi connectivity index (χ0n) is 10.1. The van der Waals surface area contributed by atoms with Crippen molar-refractivity contribution in [2.24, 2.45) is 0 Å². The summed E-state index contributed by atoms with van der Waals surface area (Å²) in [5.74, 6) is -1.37. The highest BCUT2D eigenvalue weighted by molar-refractivity contribution is 7.11. The van der Waals surface area contributed by atoms with E-state index in [4.69, 9.17) is 0 Å². The maximum atomic E-state index is 13.0. The average molecular weight is 269 g/mol. The van der Waals surface area contributed by atoms with Crippen LogP contribution in [0.2, 0.25) is 0 Å². The van der Waals surface area contributed by atoms with Crippen molar-refractivity contribution in [3.05, 3.63) is 51.0 Å².